The van der Waals surface area contributed by atoms with Crippen molar-refractivity contribution in [3.8, 4) is 11.5 Å². The number of ether oxygens (including phenoxy) is 2. The summed E-state index contributed by atoms with van der Waals surface area (Å²) in [6.07, 6.45) is 2.61. The molecule has 0 aliphatic rings. The zero-order valence-corrected chi connectivity index (χ0v) is 15.7. The molecule has 3 rings (SSSR count). The fourth-order valence-electron chi connectivity index (χ4n) is 2.58. The number of hydrogen-bond acceptors (Lipinski definition) is 7. The van der Waals surface area contributed by atoms with E-state index in [2.05, 4.69) is 44.9 Å². The molecule has 0 saturated carbocycles. The van der Waals surface area contributed by atoms with Gasteiger partial charge in [-0.2, -0.15) is 10.1 Å². The third-order valence-corrected chi connectivity index (χ3v) is 4.09. The molecule has 0 fully saturated rings. The van der Waals surface area contributed by atoms with Crippen molar-refractivity contribution in [2.24, 2.45) is 0 Å². The van der Waals surface area contributed by atoms with Crippen LogP contribution in [0.4, 0.5) is 17.5 Å². The largest absolute Gasteiger partial charge is 0.493 e. The summed E-state index contributed by atoms with van der Waals surface area (Å²) in [6.45, 7) is 2.67. The summed E-state index contributed by atoms with van der Waals surface area (Å²) in [5, 5.41) is 14.4. The summed E-state index contributed by atoms with van der Waals surface area (Å²) in [5.41, 5.74) is 3.27. The van der Waals surface area contributed by atoms with E-state index >= 15 is 0 Å². The van der Waals surface area contributed by atoms with E-state index in [1.54, 1.807) is 20.4 Å². The molecule has 0 bridgehead atoms. The van der Waals surface area contributed by atoms with E-state index in [1.807, 2.05) is 30.3 Å². The van der Waals surface area contributed by atoms with Crippen LogP contribution >= 0.6 is 0 Å². The second-order valence-corrected chi connectivity index (χ2v) is 5.88. The third-order valence-electron chi connectivity index (χ3n) is 4.09. The van der Waals surface area contributed by atoms with Crippen LogP contribution in [0.1, 0.15) is 18.1 Å². The average molecular weight is 365 g/mol. The Labute approximate surface area is 158 Å². The van der Waals surface area contributed by atoms with Crippen molar-refractivity contribution in [1.29, 1.82) is 0 Å². The Hall–Kier alpha value is -3.35. The van der Waals surface area contributed by atoms with Gasteiger partial charge in [0.2, 0.25) is 5.95 Å². The molecule has 27 heavy (non-hydrogen) atoms. The highest BCUT2D eigenvalue weighted by atomic mass is 16.5. The highest BCUT2D eigenvalue weighted by Crippen LogP contribution is 2.27. The lowest BCUT2D eigenvalue weighted by molar-refractivity contribution is 0.354. The molecule has 0 spiro atoms. The molecule has 7 heteroatoms. The van der Waals surface area contributed by atoms with Crippen LogP contribution in [0, 0.1) is 0 Å². The lowest BCUT2D eigenvalue weighted by atomic mass is 10.1. The van der Waals surface area contributed by atoms with Crippen molar-refractivity contribution in [3.05, 3.63) is 59.8 Å². The topological polar surface area (TPSA) is 81.2 Å². The molecule has 0 atom stereocenters. The van der Waals surface area contributed by atoms with Crippen molar-refractivity contribution in [1.82, 2.24) is 15.2 Å². The Morgan fingerprint density at radius 2 is 1.67 bits per heavy atom. The number of hydrogen-bond donors (Lipinski definition) is 2. The number of nitrogens with one attached hydrogen (secondary N) is 2. The van der Waals surface area contributed by atoms with Crippen LogP contribution in [0.2, 0.25) is 0 Å². The van der Waals surface area contributed by atoms with Crippen molar-refractivity contribution in [3.63, 3.8) is 0 Å². The Balaban J connectivity index is 1.65. The molecule has 0 unspecified atom stereocenters. The normalized spacial score (nSPS) is 10.3. The predicted molar refractivity (Wildman–Crippen MR) is 106 cm³/mol. The Morgan fingerprint density at radius 1 is 0.926 bits per heavy atom. The van der Waals surface area contributed by atoms with Gasteiger partial charge in [0, 0.05) is 12.2 Å². The van der Waals surface area contributed by atoms with Gasteiger partial charge in [-0.3, -0.25) is 0 Å². The van der Waals surface area contributed by atoms with Crippen LogP contribution < -0.4 is 20.1 Å². The van der Waals surface area contributed by atoms with Crippen LogP contribution in [0.5, 0.6) is 11.5 Å². The number of methoxy groups -OCH3 is 2. The van der Waals surface area contributed by atoms with Crippen molar-refractivity contribution < 1.29 is 9.47 Å². The van der Waals surface area contributed by atoms with Crippen LogP contribution in [0.15, 0.2) is 48.7 Å². The van der Waals surface area contributed by atoms with Gasteiger partial charge < -0.3 is 20.1 Å². The molecule has 2 aromatic carbocycles. The standard InChI is InChI=1S/C20H23N5O2/c1-4-14-5-8-16(9-6-14)23-19-13-22-25-20(24-19)21-12-15-7-10-17(26-2)18(11-15)27-3/h5-11,13H,4,12H2,1-3H3,(H2,21,23,24,25). The van der Waals surface area contributed by atoms with Gasteiger partial charge in [-0.1, -0.05) is 25.1 Å². The summed E-state index contributed by atoms with van der Waals surface area (Å²) < 4.78 is 10.6. The Bertz CT molecular complexity index is 884. The zero-order valence-electron chi connectivity index (χ0n) is 15.7. The van der Waals surface area contributed by atoms with Gasteiger partial charge in [0.25, 0.3) is 0 Å². The van der Waals surface area contributed by atoms with Gasteiger partial charge in [0.1, 0.15) is 0 Å². The van der Waals surface area contributed by atoms with Crippen LogP contribution in [-0.4, -0.2) is 29.4 Å². The van der Waals surface area contributed by atoms with Crippen LogP contribution in [0.3, 0.4) is 0 Å². The fourth-order valence-corrected chi connectivity index (χ4v) is 2.58. The van der Waals surface area contributed by atoms with Gasteiger partial charge in [-0.15, -0.1) is 5.10 Å². The lowest BCUT2D eigenvalue weighted by Gasteiger charge is -2.11. The molecule has 0 aliphatic carbocycles. The number of nitrogens with zero attached hydrogens (tertiary/aromatic N) is 3. The minimum atomic E-state index is 0.444. The van der Waals surface area contributed by atoms with Gasteiger partial charge >= 0.3 is 0 Å². The second kappa shape index (κ2) is 8.84. The molecule has 7 nitrogen and oxygen atoms in total. The maximum Gasteiger partial charge on any atom is 0.244 e. The van der Waals surface area contributed by atoms with Crippen molar-refractivity contribution in [2.75, 3.05) is 24.9 Å². The molecular formula is C20H23N5O2. The van der Waals surface area contributed by atoms with E-state index in [9.17, 15) is 0 Å². The maximum atomic E-state index is 5.32. The number of rotatable bonds is 8. The van der Waals surface area contributed by atoms with Crippen molar-refractivity contribution >= 4 is 17.5 Å². The predicted octanol–water partition coefficient (Wildman–Crippen LogP) is 3.81. The molecule has 2 N–H and O–H groups in total. The molecule has 140 valence electrons. The minimum absolute atomic E-state index is 0.444. The van der Waals surface area contributed by atoms with Crippen LogP contribution in [-0.2, 0) is 13.0 Å². The van der Waals surface area contributed by atoms with E-state index in [0.29, 0.717) is 29.8 Å². The maximum absolute atomic E-state index is 5.32. The monoisotopic (exact) mass is 365 g/mol. The number of aryl methyl sites for hydroxylation is 1. The highest BCUT2D eigenvalue weighted by Gasteiger charge is 2.06. The average Bonchev–Trinajstić information content (AvgIpc) is 2.73. The van der Waals surface area contributed by atoms with E-state index in [0.717, 1.165) is 17.7 Å². The van der Waals surface area contributed by atoms with E-state index in [1.165, 1.54) is 5.56 Å². The molecule has 1 heterocycles. The van der Waals surface area contributed by atoms with Crippen molar-refractivity contribution in [2.45, 2.75) is 19.9 Å². The SMILES string of the molecule is CCc1ccc(Nc2cnnc(NCc3ccc(OC)c(OC)c3)n2)cc1. The molecule has 0 aliphatic heterocycles. The summed E-state index contributed by atoms with van der Waals surface area (Å²) in [7, 11) is 3.23. The molecule has 0 amide bonds. The van der Waals surface area contributed by atoms with Gasteiger partial charge in [0.05, 0.1) is 20.4 Å². The van der Waals surface area contributed by atoms with E-state index < -0.39 is 0 Å². The smallest absolute Gasteiger partial charge is 0.244 e. The first-order chi connectivity index (χ1) is 13.2. The summed E-state index contributed by atoms with van der Waals surface area (Å²) in [6, 6.07) is 14.0. The zero-order chi connectivity index (χ0) is 19.1. The van der Waals surface area contributed by atoms with Gasteiger partial charge in [-0.05, 0) is 41.8 Å². The number of benzene rings is 2. The molecule has 1 aromatic heterocycles. The quantitative estimate of drug-likeness (QED) is 0.628. The van der Waals surface area contributed by atoms with Gasteiger partial charge in [0.15, 0.2) is 17.3 Å². The molecule has 0 saturated heterocycles. The first-order valence-corrected chi connectivity index (χ1v) is 8.72. The first kappa shape index (κ1) is 18.4. The minimum Gasteiger partial charge on any atom is -0.493 e. The molecule has 0 radical (unpaired) electrons. The Morgan fingerprint density at radius 3 is 2.37 bits per heavy atom. The van der Waals surface area contributed by atoms with E-state index in [4.69, 9.17) is 9.47 Å². The number of aromatic nitrogens is 3. The summed E-state index contributed by atoms with van der Waals surface area (Å²) >= 11 is 0. The second-order valence-electron chi connectivity index (χ2n) is 5.88. The fraction of sp³-hybridized carbons (Fsp3) is 0.250. The molecule has 3 aromatic rings. The summed E-state index contributed by atoms with van der Waals surface area (Å²) in [5.74, 6) is 2.45. The van der Waals surface area contributed by atoms with Crippen LogP contribution in [0.25, 0.3) is 0 Å². The lowest BCUT2D eigenvalue weighted by Crippen LogP contribution is -2.06. The Kier molecular flexibility index (Phi) is 6.04. The molecular weight excluding hydrogens is 342 g/mol. The third kappa shape index (κ3) is 4.84. The first-order valence-electron chi connectivity index (χ1n) is 8.72. The summed E-state index contributed by atoms with van der Waals surface area (Å²) in [4.78, 5) is 4.45. The van der Waals surface area contributed by atoms with E-state index in [-0.39, 0.29) is 0 Å². The number of anilines is 3. The highest BCUT2D eigenvalue weighted by molar-refractivity contribution is 5.56. The van der Waals surface area contributed by atoms with Gasteiger partial charge in [-0.25, -0.2) is 0 Å².